The second-order valence-corrected chi connectivity index (χ2v) is 8.31. The Morgan fingerprint density at radius 2 is 1.79 bits per heavy atom. The maximum Gasteiger partial charge on any atom is 0.445 e. The summed E-state index contributed by atoms with van der Waals surface area (Å²) in [6.07, 6.45) is 1.82. The number of hydrogen-bond acceptors (Lipinski definition) is 5. The van der Waals surface area contributed by atoms with Crippen LogP contribution in [0.15, 0.2) is 0 Å². The second kappa shape index (κ2) is 9.17. The van der Waals surface area contributed by atoms with Crippen molar-refractivity contribution in [2.45, 2.75) is 57.2 Å². The molecule has 3 rings (SSSR count). The Morgan fingerprint density at radius 1 is 1.11 bits per heavy atom. The summed E-state index contributed by atoms with van der Waals surface area (Å²) in [5.41, 5.74) is 0. The summed E-state index contributed by atoms with van der Waals surface area (Å²) in [5.74, 6) is -0.629. The Morgan fingerprint density at radius 3 is 2.39 bits per heavy atom. The third-order valence-corrected chi connectivity index (χ3v) is 6.30. The predicted octanol–water partition coefficient (Wildman–Crippen LogP) is 1.34. The van der Waals surface area contributed by atoms with Gasteiger partial charge >= 0.3 is 6.18 Å². The molecule has 0 radical (unpaired) electrons. The van der Waals surface area contributed by atoms with E-state index in [0.29, 0.717) is 19.1 Å². The van der Waals surface area contributed by atoms with Crippen molar-refractivity contribution in [3.05, 3.63) is 5.01 Å². The van der Waals surface area contributed by atoms with Crippen LogP contribution in [0, 0.1) is 0 Å². The first-order valence-electron chi connectivity index (χ1n) is 9.66. The molecule has 1 saturated heterocycles. The van der Waals surface area contributed by atoms with E-state index in [1.807, 2.05) is 0 Å². The number of piperazine rings is 1. The first kappa shape index (κ1) is 21.0. The van der Waals surface area contributed by atoms with E-state index >= 15 is 0 Å². The number of quaternary nitrogens is 1. The second-order valence-electron chi connectivity index (χ2n) is 7.33. The molecule has 28 heavy (non-hydrogen) atoms. The van der Waals surface area contributed by atoms with E-state index < -0.39 is 17.1 Å². The largest absolute Gasteiger partial charge is 0.445 e. The molecule has 1 aliphatic heterocycles. The van der Waals surface area contributed by atoms with Crippen LogP contribution in [0.25, 0.3) is 0 Å². The van der Waals surface area contributed by atoms with Gasteiger partial charge in [0.2, 0.25) is 22.0 Å². The summed E-state index contributed by atoms with van der Waals surface area (Å²) in [6, 6.07) is 0.713. The molecule has 2 amide bonds. The van der Waals surface area contributed by atoms with E-state index in [1.165, 1.54) is 32.1 Å². The quantitative estimate of drug-likeness (QED) is 0.754. The highest BCUT2D eigenvalue weighted by Gasteiger charge is 2.36. The Balaban J connectivity index is 1.38. The number of aromatic nitrogens is 2. The minimum absolute atomic E-state index is 0.0372. The van der Waals surface area contributed by atoms with Gasteiger partial charge in [-0.2, -0.15) is 13.2 Å². The number of rotatable bonds is 5. The molecular weight excluding hydrogens is 395 g/mol. The van der Waals surface area contributed by atoms with Gasteiger partial charge in [-0.3, -0.25) is 9.59 Å². The van der Waals surface area contributed by atoms with Crippen molar-refractivity contribution in [2.24, 2.45) is 0 Å². The van der Waals surface area contributed by atoms with Crippen LogP contribution in [0.1, 0.15) is 50.0 Å². The summed E-state index contributed by atoms with van der Waals surface area (Å²) in [6.45, 7) is 3.26. The molecule has 2 N–H and O–H groups in total. The fourth-order valence-electron chi connectivity index (χ4n) is 3.91. The van der Waals surface area contributed by atoms with E-state index in [-0.39, 0.29) is 35.2 Å². The van der Waals surface area contributed by atoms with Crippen LogP contribution in [0.3, 0.4) is 0 Å². The molecule has 11 heteroatoms. The fourth-order valence-corrected chi connectivity index (χ4v) is 4.54. The Hall–Kier alpha value is -1.75. The van der Waals surface area contributed by atoms with Crippen LogP contribution in [0.4, 0.5) is 18.3 Å². The van der Waals surface area contributed by atoms with Crippen molar-refractivity contribution < 1.29 is 27.7 Å². The zero-order valence-corrected chi connectivity index (χ0v) is 16.4. The van der Waals surface area contributed by atoms with Crippen LogP contribution < -0.4 is 10.2 Å². The van der Waals surface area contributed by atoms with Crippen molar-refractivity contribution in [3.63, 3.8) is 0 Å². The number of halogens is 3. The highest BCUT2D eigenvalue weighted by Crippen LogP contribution is 2.33. The molecule has 1 aromatic heterocycles. The molecule has 156 valence electrons. The van der Waals surface area contributed by atoms with Crippen molar-refractivity contribution in [1.82, 2.24) is 15.1 Å². The topological polar surface area (TPSA) is 79.6 Å². The highest BCUT2D eigenvalue weighted by molar-refractivity contribution is 7.15. The van der Waals surface area contributed by atoms with Crippen molar-refractivity contribution in [1.29, 1.82) is 0 Å². The summed E-state index contributed by atoms with van der Waals surface area (Å²) in [4.78, 5) is 27.6. The van der Waals surface area contributed by atoms with Crippen LogP contribution >= 0.6 is 11.3 Å². The Bertz CT molecular complexity index is 683. The average molecular weight is 420 g/mol. The number of carbonyl (C=O) groups excluding carboxylic acids is 2. The zero-order valence-electron chi connectivity index (χ0n) is 15.6. The number of alkyl halides is 3. The molecule has 1 saturated carbocycles. The lowest BCUT2D eigenvalue weighted by Gasteiger charge is -2.38. The van der Waals surface area contributed by atoms with Crippen molar-refractivity contribution in [3.8, 4) is 0 Å². The fraction of sp³-hybridized carbons (Fsp3) is 0.765. The van der Waals surface area contributed by atoms with Gasteiger partial charge in [-0.05, 0) is 25.7 Å². The molecule has 0 atom stereocenters. The third-order valence-electron chi connectivity index (χ3n) is 5.42. The Labute approximate surface area is 165 Å². The molecule has 1 aliphatic carbocycles. The van der Waals surface area contributed by atoms with Crippen LogP contribution in [-0.4, -0.2) is 59.1 Å². The molecule has 0 bridgehead atoms. The van der Waals surface area contributed by atoms with Gasteiger partial charge in [-0.15, -0.1) is 10.2 Å². The number of hydrogen-bond donors (Lipinski definition) is 2. The predicted molar refractivity (Wildman–Crippen MR) is 96.9 cm³/mol. The standard InChI is InChI=1S/C17H24F3N5O2S/c18-17(19,20)15-22-23-16(28-15)21-13(26)6-7-14(27)25-10-8-24(9-11-25)12-4-2-1-3-5-12/h12H,1-11H2,(H,21,23,26)/p+1. The smallest absolute Gasteiger partial charge is 0.331 e. The summed E-state index contributed by atoms with van der Waals surface area (Å²) >= 11 is 0.267. The third kappa shape index (κ3) is 5.63. The van der Waals surface area contributed by atoms with Gasteiger partial charge in [0, 0.05) is 12.8 Å². The monoisotopic (exact) mass is 420 g/mol. The Kier molecular flexibility index (Phi) is 6.86. The highest BCUT2D eigenvalue weighted by atomic mass is 32.1. The lowest BCUT2D eigenvalue weighted by Crippen LogP contribution is -3.18. The van der Waals surface area contributed by atoms with Crippen LogP contribution in [-0.2, 0) is 15.8 Å². The molecule has 1 aromatic rings. The van der Waals surface area contributed by atoms with Gasteiger partial charge in [-0.1, -0.05) is 17.8 Å². The average Bonchev–Trinajstić information content (AvgIpc) is 3.16. The lowest BCUT2D eigenvalue weighted by atomic mass is 9.94. The van der Waals surface area contributed by atoms with Gasteiger partial charge in [0.25, 0.3) is 0 Å². The first-order chi connectivity index (χ1) is 13.3. The van der Waals surface area contributed by atoms with Gasteiger partial charge < -0.3 is 15.1 Å². The first-order valence-corrected chi connectivity index (χ1v) is 10.5. The molecule has 2 aliphatic rings. The van der Waals surface area contributed by atoms with Crippen molar-refractivity contribution >= 4 is 28.3 Å². The zero-order chi connectivity index (χ0) is 20.1. The summed E-state index contributed by atoms with van der Waals surface area (Å²) < 4.78 is 37.5. The molecule has 7 nitrogen and oxygen atoms in total. The van der Waals surface area contributed by atoms with E-state index in [1.54, 1.807) is 9.80 Å². The van der Waals surface area contributed by atoms with E-state index in [0.717, 1.165) is 13.1 Å². The number of anilines is 1. The number of carbonyl (C=O) groups is 2. The number of nitrogens with zero attached hydrogens (tertiary/aromatic N) is 3. The van der Waals surface area contributed by atoms with E-state index in [4.69, 9.17) is 0 Å². The molecule has 0 aromatic carbocycles. The molecule has 0 spiro atoms. The van der Waals surface area contributed by atoms with Gasteiger partial charge in [-0.25, -0.2) is 0 Å². The van der Waals surface area contributed by atoms with Gasteiger partial charge in [0.1, 0.15) is 0 Å². The van der Waals surface area contributed by atoms with E-state index in [2.05, 4.69) is 15.5 Å². The van der Waals surface area contributed by atoms with Gasteiger partial charge in [0.05, 0.1) is 32.2 Å². The maximum absolute atomic E-state index is 12.5. The number of nitrogens with one attached hydrogen (secondary N) is 2. The maximum atomic E-state index is 12.5. The summed E-state index contributed by atoms with van der Waals surface area (Å²) in [5, 5.41) is 7.26. The molecule has 0 unspecified atom stereocenters. The molecule has 2 heterocycles. The number of amides is 2. The minimum atomic E-state index is -4.58. The minimum Gasteiger partial charge on any atom is -0.331 e. The SMILES string of the molecule is O=C(CCC(=O)N1CC[NH+](C2CCCCC2)CC1)Nc1nnc(C(F)(F)F)s1. The lowest BCUT2D eigenvalue weighted by molar-refractivity contribution is -0.930. The van der Waals surface area contributed by atoms with Crippen LogP contribution in [0.5, 0.6) is 0 Å². The van der Waals surface area contributed by atoms with Crippen LogP contribution in [0.2, 0.25) is 0 Å². The van der Waals surface area contributed by atoms with E-state index in [9.17, 15) is 22.8 Å². The molecule has 2 fully saturated rings. The molecular formula is C17H25F3N5O2S+. The van der Waals surface area contributed by atoms with Gasteiger partial charge in [0.15, 0.2) is 0 Å². The summed E-state index contributed by atoms with van der Waals surface area (Å²) in [7, 11) is 0. The normalized spacial score (nSPS) is 19.6. The van der Waals surface area contributed by atoms with Crippen molar-refractivity contribution in [2.75, 3.05) is 31.5 Å².